The fraction of sp³-hybridized carbons (Fsp3) is 0.0833. The van der Waals surface area contributed by atoms with Gasteiger partial charge in [0.2, 0.25) is 0 Å². The van der Waals surface area contributed by atoms with Crippen LogP contribution in [0.25, 0.3) is 10.8 Å². The van der Waals surface area contributed by atoms with Crippen molar-refractivity contribution in [3.8, 4) is 6.07 Å². The standard InChI is InChI=1S/C12H7Br2N/c13-9-3-1-8-2-4-12(14)10(5-6-15)11(8)7-9/h1-4,7H,5H2. The van der Waals surface area contributed by atoms with Crippen molar-refractivity contribution in [1.82, 2.24) is 0 Å². The molecule has 0 fully saturated rings. The summed E-state index contributed by atoms with van der Waals surface area (Å²) in [5, 5.41) is 11.1. The maximum atomic E-state index is 8.79. The predicted octanol–water partition coefficient (Wildman–Crippen LogP) is 4.43. The summed E-state index contributed by atoms with van der Waals surface area (Å²) in [5.41, 5.74) is 1.05. The topological polar surface area (TPSA) is 23.8 Å². The highest BCUT2D eigenvalue weighted by molar-refractivity contribution is 9.10. The molecule has 1 nitrogen and oxygen atoms in total. The van der Waals surface area contributed by atoms with Crippen LogP contribution in [-0.2, 0) is 6.42 Å². The maximum Gasteiger partial charge on any atom is 0.0670 e. The molecule has 2 aromatic carbocycles. The first-order chi connectivity index (χ1) is 7.22. The minimum atomic E-state index is 0.425. The molecule has 0 aliphatic carbocycles. The van der Waals surface area contributed by atoms with Gasteiger partial charge < -0.3 is 0 Å². The van der Waals surface area contributed by atoms with E-state index in [1.54, 1.807) is 0 Å². The average Bonchev–Trinajstić information content (AvgIpc) is 2.23. The monoisotopic (exact) mass is 323 g/mol. The third-order valence-corrected chi connectivity index (χ3v) is 3.53. The van der Waals surface area contributed by atoms with Crippen molar-refractivity contribution in [2.75, 3.05) is 0 Å². The van der Waals surface area contributed by atoms with E-state index in [4.69, 9.17) is 5.26 Å². The van der Waals surface area contributed by atoms with Gasteiger partial charge in [0.1, 0.15) is 0 Å². The van der Waals surface area contributed by atoms with Gasteiger partial charge in [-0.15, -0.1) is 0 Å². The average molecular weight is 325 g/mol. The number of rotatable bonds is 1. The molecule has 0 heterocycles. The number of nitriles is 1. The largest absolute Gasteiger partial charge is 0.198 e. The fourth-order valence-corrected chi connectivity index (χ4v) is 2.43. The molecule has 0 spiro atoms. The molecule has 0 N–H and O–H groups in total. The van der Waals surface area contributed by atoms with E-state index in [1.807, 2.05) is 30.3 Å². The van der Waals surface area contributed by atoms with Gasteiger partial charge in [-0.25, -0.2) is 0 Å². The van der Waals surface area contributed by atoms with Gasteiger partial charge in [0, 0.05) is 8.95 Å². The van der Waals surface area contributed by atoms with Gasteiger partial charge in [-0.3, -0.25) is 0 Å². The van der Waals surface area contributed by atoms with Crippen LogP contribution in [0.1, 0.15) is 5.56 Å². The van der Waals surface area contributed by atoms with Crippen molar-refractivity contribution in [2.45, 2.75) is 6.42 Å². The Morgan fingerprint density at radius 1 is 1.13 bits per heavy atom. The van der Waals surface area contributed by atoms with Gasteiger partial charge in [0.15, 0.2) is 0 Å². The second-order valence-corrected chi connectivity index (χ2v) is 5.00. The highest BCUT2D eigenvalue weighted by Gasteiger charge is 2.05. The number of benzene rings is 2. The van der Waals surface area contributed by atoms with Gasteiger partial charge in [-0.1, -0.05) is 44.0 Å². The zero-order chi connectivity index (χ0) is 10.8. The summed E-state index contributed by atoms with van der Waals surface area (Å²) in [6.45, 7) is 0. The van der Waals surface area contributed by atoms with E-state index in [2.05, 4.69) is 37.9 Å². The molecule has 15 heavy (non-hydrogen) atoms. The van der Waals surface area contributed by atoms with Crippen LogP contribution in [0.3, 0.4) is 0 Å². The smallest absolute Gasteiger partial charge is 0.0670 e. The first kappa shape index (κ1) is 10.7. The molecule has 0 saturated heterocycles. The lowest BCUT2D eigenvalue weighted by molar-refractivity contribution is 1.27. The van der Waals surface area contributed by atoms with Crippen LogP contribution in [0.5, 0.6) is 0 Å². The minimum Gasteiger partial charge on any atom is -0.198 e. The highest BCUT2D eigenvalue weighted by Crippen LogP contribution is 2.29. The summed E-state index contributed by atoms with van der Waals surface area (Å²) in [4.78, 5) is 0. The van der Waals surface area contributed by atoms with Crippen LogP contribution in [0.15, 0.2) is 39.3 Å². The normalized spacial score (nSPS) is 10.2. The number of fused-ring (bicyclic) bond motifs is 1. The number of halogens is 2. The molecule has 2 aromatic rings. The molecule has 0 aliphatic heterocycles. The second-order valence-electron chi connectivity index (χ2n) is 3.23. The first-order valence-electron chi connectivity index (χ1n) is 4.46. The Morgan fingerprint density at radius 2 is 1.87 bits per heavy atom. The molecule has 3 heteroatoms. The summed E-state index contributed by atoms with van der Waals surface area (Å²) in [6, 6.07) is 12.3. The molecule has 0 atom stereocenters. The van der Waals surface area contributed by atoms with E-state index in [0.717, 1.165) is 25.3 Å². The molecule has 0 bridgehead atoms. The van der Waals surface area contributed by atoms with Crippen molar-refractivity contribution in [1.29, 1.82) is 5.26 Å². The van der Waals surface area contributed by atoms with Crippen LogP contribution in [0.4, 0.5) is 0 Å². The quantitative estimate of drug-likeness (QED) is 0.761. The first-order valence-corrected chi connectivity index (χ1v) is 6.04. The third-order valence-electron chi connectivity index (χ3n) is 2.29. The van der Waals surface area contributed by atoms with Crippen LogP contribution < -0.4 is 0 Å². The van der Waals surface area contributed by atoms with Gasteiger partial charge in [-0.2, -0.15) is 5.26 Å². The van der Waals surface area contributed by atoms with Gasteiger partial charge in [0.25, 0.3) is 0 Å². The summed E-state index contributed by atoms with van der Waals surface area (Å²) in [5.74, 6) is 0. The lowest BCUT2D eigenvalue weighted by Crippen LogP contribution is -1.87. The highest BCUT2D eigenvalue weighted by atomic mass is 79.9. The van der Waals surface area contributed by atoms with Crippen molar-refractivity contribution in [3.63, 3.8) is 0 Å². The molecular weight excluding hydrogens is 318 g/mol. The summed E-state index contributed by atoms with van der Waals surface area (Å²) < 4.78 is 2.03. The Labute approximate surface area is 105 Å². The molecule has 0 radical (unpaired) electrons. The Morgan fingerprint density at radius 3 is 2.60 bits per heavy atom. The third kappa shape index (κ3) is 2.06. The molecule has 0 aromatic heterocycles. The number of hydrogen-bond donors (Lipinski definition) is 0. The SMILES string of the molecule is N#CCc1c(Br)ccc2ccc(Br)cc12. The molecule has 0 aliphatic rings. The fourth-order valence-electron chi connectivity index (χ4n) is 1.59. The summed E-state index contributed by atoms with van der Waals surface area (Å²) in [7, 11) is 0. The van der Waals surface area contributed by atoms with Crippen molar-refractivity contribution >= 4 is 42.6 Å². The second kappa shape index (κ2) is 4.34. The van der Waals surface area contributed by atoms with Crippen LogP contribution in [0.2, 0.25) is 0 Å². The van der Waals surface area contributed by atoms with Crippen LogP contribution in [-0.4, -0.2) is 0 Å². The molecule has 0 amide bonds. The van der Waals surface area contributed by atoms with E-state index in [9.17, 15) is 0 Å². The molecule has 0 saturated carbocycles. The Balaban J connectivity index is 2.79. The predicted molar refractivity (Wildman–Crippen MR) is 68.7 cm³/mol. The van der Waals surface area contributed by atoms with Gasteiger partial charge >= 0.3 is 0 Å². The van der Waals surface area contributed by atoms with Gasteiger partial charge in [-0.05, 0) is 34.5 Å². The molecule has 74 valence electrons. The molecule has 2 rings (SSSR count). The summed E-state index contributed by atoms with van der Waals surface area (Å²) in [6.07, 6.45) is 0.425. The molecule has 0 unspecified atom stereocenters. The van der Waals surface area contributed by atoms with E-state index in [-0.39, 0.29) is 0 Å². The van der Waals surface area contributed by atoms with E-state index >= 15 is 0 Å². The van der Waals surface area contributed by atoms with E-state index < -0.39 is 0 Å². The number of nitrogens with zero attached hydrogens (tertiary/aromatic N) is 1. The van der Waals surface area contributed by atoms with E-state index in [0.29, 0.717) is 6.42 Å². The zero-order valence-corrected chi connectivity index (χ0v) is 11.0. The Bertz CT molecular complexity index is 550. The maximum absolute atomic E-state index is 8.79. The number of hydrogen-bond acceptors (Lipinski definition) is 1. The summed E-state index contributed by atoms with van der Waals surface area (Å²) >= 11 is 6.92. The van der Waals surface area contributed by atoms with Crippen molar-refractivity contribution in [3.05, 3.63) is 44.8 Å². The van der Waals surface area contributed by atoms with Crippen LogP contribution in [0, 0.1) is 11.3 Å². The minimum absolute atomic E-state index is 0.425. The lowest BCUT2D eigenvalue weighted by Gasteiger charge is -2.06. The zero-order valence-electron chi connectivity index (χ0n) is 7.80. The Kier molecular flexibility index (Phi) is 3.08. The lowest BCUT2D eigenvalue weighted by atomic mass is 10.0. The van der Waals surface area contributed by atoms with E-state index in [1.165, 1.54) is 0 Å². The molecular formula is C12H7Br2N. The van der Waals surface area contributed by atoms with Crippen LogP contribution >= 0.6 is 31.9 Å². The van der Waals surface area contributed by atoms with Gasteiger partial charge in [0.05, 0.1) is 12.5 Å². The Hall–Kier alpha value is -0.850. The van der Waals surface area contributed by atoms with Crippen molar-refractivity contribution in [2.24, 2.45) is 0 Å². The van der Waals surface area contributed by atoms with Crippen molar-refractivity contribution < 1.29 is 0 Å².